The molecule has 2 aromatic heterocycles. The number of rotatable bonds is 11. The molecule has 310 valence electrons. The lowest BCUT2D eigenvalue weighted by molar-refractivity contribution is -0.604. The van der Waals surface area contributed by atoms with Crippen LogP contribution in [-0.2, 0) is 32.0 Å². The van der Waals surface area contributed by atoms with Crippen LogP contribution in [-0.4, -0.2) is 56.4 Å². The Labute approximate surface area is 343 Å². The van der Waals surface area contributed by atoms with Crippen molar-refractivity contribution < 1.29 is 69.6 Å². The molecule has 2 aliphatic rings. The zero-order valence-electron chi connectivity index (χ0n) is 33.0. The lowest BCUT2D eigenvalue weighted by atomic mass is 10.0. The number of benzene rings is 2. The second-order valence-corrected chi connectivity index (χ2v) is 13.4. The number of hydrogen-bond donors (Lipinski definition) is 6. The maximum absolute atomic E-state index is 11.7. The first kappa shape index (κ1) is 45.3. The second kappa shape index (κ2) is 21.4. The van der Waals surface area contributed by atoms with Gasteiger partial charge in [-0.05, 0) is 88.1 Å². The van der Waals surface area contributed by atoms with Crippen LogP contribution in [0.15, 0.2) is 153 Å². The fourth-order valence-corrected chi connectivity index (χ4v) is 5.43. The molecule has 2 unspecified atom stereocenters. The standard InChI is InChI=1S/C36H30N8O4.2C3H6O3/c1-23-19-31(45)37-35(47)33(23)43-17-3-5-29(21-43)41-39-27-13-9-25(10-14-27)7-8-26-11-15-28(16-12-26)40-42-30-6-4-18-44(22-30)34-24(2)20-32(46)38-36(34)48;2*1-2(4)3(5)6/h3-6,9-22H,7-8H2,1-2H3,(H2-2,37,38,45,46,47,48);2*2,4H,1H3,(H,5,6)/p+2. The molecule has 0 radical (unpaired) electrons. The molecule has 18 heteroatoms. The van der Waals surface area contributed by atoms with E-state index in [1.54, 1.807) is 59.9 Å². The van der Waals surface area contributed by atoms with Gasteiger partial charge >= 0.3 is 35.0 Å². The molecular weight excluding hydrogens is 777 g/mol. The van der Waals surface area contributed by atoms with Gasteiger partial charge in [0.05, 0.1) is 47.7 Å². The van der Waals surface area contributed by atoms with Crippen molar-refractivity contribution in [1.29, 1.82) is 0 Å². The van der Waals surface area contributed by atoms with E-state index < -0.39 is 24.1 Å². The minimum Gasteiger partial charge on any atom is -0.547 e. The Hall–Kier alpha value is -7.38. The normalized spacial score (nSPS) is 15.1. The Morgan fingerprint density at radius 3 is 1.22 bits per heavy atom. The number of nitrogens with zero attached hydrogens (tertiary/aromatic N) is 6. The number of hydrogen-bond acceptors (Lipinski definition) is 14. The van der Waals surface area contributed by atoms with Crippen LogP contribution >= 0.6 is 0 Å². The fraction of sp³-hybridized carbons (Fsp3) is 0.190. The highest BCUT2D eigenvalue weighted by molar-refractivity contribution is 5.86. The van der Waals surface area contributed by atoms with Crippen LogP contribution in [0.25, 0.3) is 11.4 Å². The summed E-state index contributed by atoms with van der Waals surface area (Å²) in [6.07, 6.45) is 9.05. The number of carboxylic acid groups (broad SMARTS) is 2. The molecule has 2 amide bonds. The zero-order valence-corrected chi connectivity index (χ0v) is 33.0. The first-order valence-electron chi connectivity index (χ1n) is 18.3. The maximum atomic E-state index is 11.7. The molecule has 0 fully saturated rings. The summed E-state index contributed by atoms with van der Waals surface area (Å²) in [4.78, 5) is 42.0. The van der Waals surface area contributed by atoms with E-state index in [1.165, 1.54) is 33.9 Å². The molecule has 8 N–H and O–H groups in total. The third-order valence-electron chi connectivity index (χ3n) is 8.41. The topological polar surface area (TPSA) is 286 Å². The summed E-state index contributed by atoms with van der Waals surface area (Å²) >= 11 is 0. The number of allylic oxidation sites excluding steroid dienone is 4. The molecule has 0 saturated heterocycles. The number of aromatic nitrogens is 2. The molecule has 0 saturated carbocycles. The second-order valence-electron chi connectivity index (χ2n) is 13.4. The SMILES string of the molecule is CC(O)C(=O)[O-].CC(O)C(=O)[O-].CC1=CC(=O)[NH2+]C(O)=C1[n+]1cccc(N=Nc2ccc(CCc3ccc(N=Nc4ccc[n+](C5=C(O)[NH2+]C(=O)C=C5C)c4)cc3)cc2)c1. The van der Waals surface area contributed by atoms with Crippen molar-refractivity contribution in [2.45, 2.75) is 52.7 Å². The highest BCUT2D eigenvalue weighted by atomic mass is 16.4. The number of pyridine rings is 2. The summed E-state index contributed by atoms with van der Waals surface area (Å²) in [5.74, 6) is -3.53. The van der Waals surface area contributed by atoms with Crippen molar-refractivity contribution in [3.05, 3.63) is 144 Å². The van der Waals surface area contributed by atoms with Gasteiger partial charge < -0.3 is 40.2 Å². The predicted octanol–water partition coefficient (Wildman–Crippen LogP) is 0.580. The number of primary amides is 2. The Bertz CT molecular complexity index is 2250. The van der Waals surface area contributed by atoms with Crippen molar-refractivity contribution in [3.63, 3.8) is 0 Å². The third-order valence-corrected chi connectivity index (χ3v) is 8.41. The van der Waals surface area contributed by atoms with Crippen molar-refractivity contribution in [2.24, 2.45) is 20.5 Å². The van der Waals surface area contributed by atoms with E-state index in [2.05, 4.69) is 20.5 Å². The Morgan fingerprint density at radius 1 is 0.600 bits per heavy atom. The summed E-state index contributed by atoms with van der Waals surface area (Å²) in [5.41, 5.74) is 7.36. The monoisotopic (exact) mass is 820 g/mol. The molecule has 6 rings (SSSR count). The number of aliphatic hydroxyl groups excluding tert-OH is 4. The zero-order chi connectivity index (χ0) is 43.9. The van der Waals surface area contributed by atoms with E-state index >= 15 is 0 Å². The summed E-state index contributed by atoms with van der Waals surface area (Å²) in [5, 5.41) is 75.1. The molecule has 2 aromatic carbocycles. The van der Waals surface area contributed by atoms with E-state index in [0.717, 1.165) is 38.1 Å². The smallest absolute Gasteiger partial charge is 0.368 e. The molecule has 4 aromatic rings. The Morgan fingerprint density at radius 2 is 0.917 bits per heavy atom. The van der Waals surface area contributed by atoms with Gasteiger partial charge in [-0.25, -0.2) is 20.2 Å². The van der Waals surface area contributed by atoms with Crippen LogP contribution in [0, 0.1) is 0 Å². The number of carbonyl (C=O) groups is 4. The number of nitrogens with two attached hydrogens (primary N) is 2. The summed E-state index contributed by atoms with van der Waals surface area (Å²) in [6, 6.07) is 23.1. The molecule has 4 heterocycles. The number of quaternary nitrogens is 2. The highest BCUT2D eigenvalue weighted by Gasteiger charge is 2.31. The minimum atomic E-state index is -1.44. The van der Waals surface area contributed by atoms with E-state index in [9.17, 15) is 39.6 Å². The van der Waals surface area contributed by atoms with Crippen LogP contribution in [0.3, 0.4) is 0 Å². The molecule has 2 aliphatic heterocycles. The third kappa shape index (κ3) is 13.6. The van der Waals surface area contributed by atoms with Crippen LogP contribution < -0.4 is 30.0 Å². The summed E-state index contributed by atoms with van der Waals surface area (Å²) in [6.45, 7) is 5.82. The average Bonchev–Trinajstić information content (AvgIpc) is 3.19. The maximum Gasteiger partial charge on any atom is 0.368 e. The van der Waals surface area contributed by atoms with Crippen LogP contribution in [0.4, 0.5) is 22.7 Å². The number of azo groups is 2. The number of aliphatic hydroxyl groups is 4. The summed E-state index contributed by atoms with van der Waals surface area (Å²) in [7, 11) is 0. The van der Waals surface area contributed by atoms with Gasteiger partial charge in [-0.15, -0.1) is 10.2 Å². The van der Waals surface area contributed by atoms with Crippen molar-refractivity contribution in [2.75, 3.05) is 0 Å². The largest absolute Gasteiger partial charge is 0.547 e. The van der Waals surface area contributed by atoms with Gasteiger partial charge in [0, 0.05) is 23.3 Å². The first-order chi connectivity index (χ1) is 28.5. The van der Waals surface area contributed by atoms with Gasteiger partial charge in [-0.3, -0.25) is 0 Å². The van der Waals surface area contributed by atoms with Gasteiger partial charge in [0.1, 0.15) is 11.4 Å². The van der Waals surface area contributed by atoms with Crippen LogP contribution in [0.2, 0.25) is 0 Å². The number of aryl methyl sites for hydroxylation is 2. The van der Waals surface area contributed by atoms with E-state index in [-0.39, 0.29) is 23.6 Å². The molecule has 2 atom stereocenters. The van der Waals surface area contributed by atoms with Crippen molar-refractivity contribution >= 4 is 57.9 Å². The van der Waals surface area contributed by atoms with Crippen LogP contribution in [0.5, 0.6) is 0 Å². The molecule has 60 heavy (non-hydrogen) atoms. The minimum absolute atomic E-state index is 0.0860. The van der Waals surface area contributed by atoms with E-state index in [0.29, 0.717) is 33.9 Å². The number of aliphatic carboxylic acids is 2. The average molecular weight is 821 g/mol. The molecule has 18 nitrogen and oxygen atoms in total. The predicted molar refractivity (Wildman–Crippen MR) is 208 cm³/mol. The number of amides is 2. The van der Waals surface area contributed by atoms with E-state index in [4.69, 9.17) is 10.2 Å². The number of carboxylic acids is 2. The van der Waals surface area contributed by atoms with Gasteiger partial charge in [-0.2, -0.15) is 19.4 Å². The van der Waals surface area contributed by atoms with Gasteiger partial charge in [0.15, 0.2) is 12.4 Å². The Kier molecular flexibility index (Phi) is 16.2. The number of carbonyl (C=O) groups excluding carboxylic acids is 4. The lowest BCUT2D eigenvalue weighted by Crippen LogP contribution is -2.87. The highest BCUT2D eigenvalue weighted by Crippen LogP contribution is 2.22. The summed E-state index contributed by atoms with van der Waals surface area (Å²) < 4.78 is 3.45. The van der Waals surface area contributed by atoms with Crippen molar-refractivity contribution in [3.8, 4) is 0 Å². The van der Waals surface area contributed by atoms with Crippen molar-refractivity contribution in [1.82, 2.24) is 0 Å². The van der Waals surface area contributed by atoms with E-state index in [1.807, 2.05) is 60.7 Å². The van der Waals surface area contributed by atoms with Crippen LogP contribution in [0.1, 0.15) is 38.8 Å². The van der Waals surface area contributed by atoms with Gasteiger partial charge in [-0.1, -0.05) is 24.3 Å². The molecular formula is C42H44N8O10+2. The quantitative estimate of drug-likeness (QED) is 0.0904. The van der Waals surface area contributed by atoms with Gasteiger partial charge in [0.25, 0.3) is 0 Å². The molecule has 0 bridgehead atoms. The fourth-order valence-electron chi connectivity index (χ4n) is 5.43. The molecule has 0 aliphatic carbocycles. The van der Waals surface area contributed by atoms with Gasteiger partial charge in [0.2, 0.25) is 12.4 Å². The lowest BCUT2D eigenvalue weighted by Gasteiger charge is -2.07. The first-order valence-corrected chi connectivity index (χ1v) is 18.3. The molecule has 0 spiro atoms. The Balaban J connectivity index is 0.000000580.